The molecule has 4 nitrogen and oxygen atoms in total. The van der Waals surface area contributed by atoms with Crippen molar-refractivity contribution in [2.45, 2.75) is 405 Å². The first-order chi connectivity index (χ1) is 37.2. The van der Waals surface area contributed by atoms with Gasteiger partial charge in [-0.1, -0.05) is 378 Å². The van der Waals surface area contributed by atoms with Crippen LogP contribution in [0, 0.1) is 0 Å². The van der Waals surface area contributed by atoms with Gasteiger partial charge in [-0.25, -0.2) is 0 Å². The van der Waals surface area contributed by atoms with Crippen molar-refractivity contribution in [3.8, 4) is 0 Å². The first-order valence-corrected chi connectivity index (χ1v) is 34.7. The Morgan fingerprint density at radius 3 is 0.773 bits per heavy atom. The minimum Gasteiger partial charge on any atom is -0.394 e. The van der Waals surface area contributed by atoms with E-state index in [2.05, 4.69) is 43.5 Å². The number of rotatable bonds is 65. The molecule has 0 fully saturated rings. The van der Waals surface area contributed by atoms with E-state index in [0.29, 0.717) is 6.42 Å². The Bertz CT molecular complexity index is 1150. The quantitative estimate of drug-likeness (QED) is 0.0420. The molecule has 0 aliphatic heterocycles. The summed E-state index contributed by atoms with van der Waals surface area (Å²) in [6.45, 7) is 4.35. The highest BCUT2D eigenvalue weighted by molar-refractivity contribution is 5.76. The molecule has 0 aromatic rings. The fourth-order valence-corrected chi connectivity index (χ4v) is 11.1. The number of unbranched alkanes of at least 4 members (excludes halogenated alkanes) is 54. The molecule has 2 unspecified atom stereocenters. The summed E-state index contributed by atoms with van der Waals surface area (Å²) in [7, 11) is 0. The van der Waals surface area contributed by atoms with Gasteiger partial charge in [0.15, 0.2) is 0 Å². The molecule has 0 heterocycles. The van der Waals surface area contributed by atoms with Gasteiger partial charge in [-0.05, 0) is 44.9 Å². The lowest BCUT2D eigenvalue weighted by atomic mass is 10.0. The molecule has 444 valence electrons. The van der Waals surface area contributed by atoms with Crippen LogP contribution in [0.1, 0.15) is 393 Å². The lowest BCUT2D eigenvalue weighted by Crippen LogP contribution is -2.45. The Balaban J connectivity index is 3.46. The van der Waals surface area contributed by atoms with Crippen LogP contribution >= 0.6 is 0 Å². The van der Waals surface area contributed by atoms with Gasteiger partial charge in [-0.15, -0.1) is 0 Å². The van der Waals surface area contributed by atoms with Crippen molar-refractivity contribution in [3.05, 3.63) is 36.5 Å². The molecule has 0 aliphatic rings. The summed E-state index contributed by atoms with van der Waals surface area (Å²) in [6, 6.07) is -0.645. The molecule has 0 spiro atoms. The van der Waals surface area contributed by atoms with Crippen LogP contribution in [0.4, 0.5) is 0 Å². The molecular weight excluding hydrogens is 915 g/mol. The maximum Gasteiger partial charge on any atom is 0.220 e. The van der Waals surface area contributed by atoms with Gasteiger partial charge in [0.2, 0.25) is 5.91 Å². The van der Waals surface area contributed by atoms with Crippen LogP contribution in [-0.4, -0.2) is 34.9 Å². The van der Waals surface area contributed by atoms with Gasteiger partial charge in [0.05, 0.1) is 18.8 Å². The largest absolute Gasteiger partial charge is 0.394 e. The number of allylic oxidation sites excluding steroid dienone is 5. The molecular formula is C71H137NO3. The zero-order valence-corrected chi connectivity index (χ0v) is 51.3. The summed E-state index contributed by atoms with van der Waals surface area (Å²) in [5.74, 6) is -0.0695. The Morgan fingerprint density at radius 2 is 0.520 bits per heavy atom. The molecule has 0 radical (unpaired) electrons. The number of carbonyl (C=O) groups is 1. The maximum absolute atomic E-state index is 12.5. The van der Waals surface area contributed by atoms with E-state index in [1.807, 2.05) is 6.08 Å². The van der Waals surface area contributed by atoms with Crippen molar-refractivity contribution in [2.24, 2.45) is 0 Å². The van der Waals surface area contributed by atoms with Crippen molar-refractivity contribution in [1.82, 2.24) is 5.32 Å². The minimum atomic E-state index is -0.870. The Labute approximate surface area is 472 Å². The number of nitrogens with one attached hydrogen (secondary N) is 1. The summed E-state index contributed by atoms with van der Waals surface area (Å²) in [6.07, 6.45) is 92.4. The second kappa shape index (κ2) is 66.9. The Kier molecular flexibility index (Phi) is 65.6. The fourth-order valence-electron chi connectivity index (χ4n) is 11.1. The zero-order chi connectivity index (χ0) is 54.1. The average molecular weight is 1050 g/mol. The van der Waals surface area contributed by atoms with Gasteiger partial charge >= 0.3 is 0 Å². The number of hydrogen-bond donors (Lipinski definition) is 3. The van der Waals surface area contributed by atoms with Crippen LogP contribution in [0.25, 0.3) is 0 Å². The molecule has 0 aromatic carbocycles. The predicted molar refractivity (Wildman–Crippen MR) is 336 cm³/mol. The molecule has 1 amide bonds. The maximum atomic E-state index is 12.5. The van der Waals surface area contributed by atoms with E-state index in [-0.39, 0.29) is 12.5 Å². The van der Waals surface area contributed by atoms with Crippen LogP contribution in [0.15, 0.2) is 36.5 Å². The number of hydrogen-bond acceptors (Lipinski definition) is 3. The van der Waals surface area contributed by atoms with Crippen molar-refractivity contribution >= 4 is 5.91 Å². The molecule has 0 aliphatic carbocycles. The first-order valence-electron chi connectivity index (χ1n) is 34.7. The van der Waals surface area contributed by atoms with Gasteiger partial charge in [0.1, 0.15) is 0 Å². The minimum absolute atomic E-state index is 0.0695. The topological polar surface area (TPSA) is 69.6 Å². The van der Waals surface area contributed by atoms with Crippen LogP contribution in [0.2, 0.25) is 0 Å². The summed E-state index contributed by atoms with van der Waals surface area (Å²) in [4.78, 5) is 12.5. The fraction of sp³-hybridized carbons (Fsp3) is 0.901. The van der Waals surface area contributed by atoms with Crippen LogP contribution < -0.4 is 5.32 Å². The standard InChI is InChI=1S/C71H137NO3/c1-3-5-7-9-11-13-15-17-19-21-23-25-27-29-31-33-35-36-37-39-41-43-45-47-49-51-53-55-57-59-61-63-65-67-71(75)72-69(68-73)70(74)66-64-62-60-58-56-54-52-50-48-46-44-42-40-38-34-32-30-28-26-24-22-20-18-16-14-12-10-8-6-4-2/h48,50,56,58,64,66,69-70,73-74H,3-47,49,51-55,57,59-63,65,67-68H2,1-2H3,(H,72,75)/b50-48+,58-56+,66-64+. The molecule has 0 saturated heterocycles. The predicted octanol–water partition coefficient (Wildman–Crippen LogP) is 23.5. The number of aliphatic hydroxyl groups excluding tert-OH is 2. The summed E-state index contributed by atoms with van der Waals surface area (Å²) >= 11 is 0. The third-order valence-corrected chi connectivity index (χ3v) is 16.4. The van der Waals surface area contributed by atoms with Gasteiger partial charge in [-0.2, -0.15) is 0 Å². The lowest BCUT2D eigenvalue weighted by molar-refractivity contribution is -0.123. The summed E-state index contributed by atoms with van der Waals surface area (Å²) in [5, 5.41) is 23.2. The van der Waals surface area contributed by atoms with Gasteiger partial charge in [0.25, 0.3) is 0 Å². The molecule has 0 aromatic heterocycles. The van der Waals surface area contributed by atoms with Crippen molar-refractivity contribution in [3.63, 3.8) is 0 Å². The van der Waals surface area contributed by atoms with Crippen molar-refractivity contribution < 1.29 is 15.0 Å². The van der Waals surface area contributed by atoms with E-state index in [0.717, 1.165) is 38.5 Å². The number of carbonyl (C=O) groups excluding carboxylic acids is 1. The molecule has 0 saturated carbocycles. The molecule has 0 bridgehead atoms. The molecule has 2 atom stereocenters. The highest BCUT2D eigenvalue weighted by Gasteiger charge is 2.18. The molecule has 4 heteroatoms. The van der Waals surface area contributed by atoms with E-state index < -0.39 is 12.1 Å². The van der Waals surface area contributed by atoms with Gasteiger partial charge in [0, 0.05) is 6.42 Å². The highest BCUT2D eigenvalue weighted by atomic mass is 16.3. The first kappa shape index (κ1) is 73.6. The normalized spacial score (nSPS) is 12.9. The SMILES string of the molecule is CCCCCCCCCCCCCCCCCCCCCC/C=C/CC/C=C/CC/C=C/C(O)C(CO)NC(=O)CCCCCCCCCCCCCCCCCCCCCCCCCCCCCCCCCCC. The second-order valence-corrected chi connectivity index (χ2v) is 23.9. The van der Waals surface area contributed by atoms with E-state index in [4.69, 9.17) is 0 Å². The average Bonchev–Trinajstić information content (AvgIpc) is 3.41. The summed E-state index contributed by atoms with van der Waals surface area (Å²) < 4.78 is 0. The third-order valence-electron chi connectivity index (χ3n) is 16.4. The Morgan fingerprint density at radius 1 is 0.307 bits per heavy atom. The van der Waals surface area contributed by atoms with Crippen LogP contribution in [0.3, 0.4) is 0 Å². The van der Waals surface area contributed by atoms with Crippen molar-refractivity contribution in [2.75, 3.05) is 6.61 Å². The molecule has 0 rings (SSSR count). The third kappa shape index (κ3) is 63.3. The monoisotopic (exact) mass is 1050 g/mol. The smallest absolute Gasteiger partial charge is 0.220 e. The van der Waals surface area contributed by atoms with Crippen LogP contribution in [-0.2, 0) is 4.79 Å². The van der Waals surface area contributed by atoms with E-state index >= 15 is 0 Å². The van der Waals surface area contributed by atoms with Crippen molar-refractivity contribution in [1.29, 1.82) is 0 Å². The zero-order valence-electron chi connectivity index (χ0n) is 51.3. The number of amides is 1. The molecule has 75 heavy (non-hydrogen) atoms. The van der Waals surface area contributed by atoms with Crippen LogP contribution in [0.5, 0.6) is 0 Å². The Hall–Kier alpha value is -1.39. The molecule has 3 N–H and O–H groups in total. The van der Waals surface area contributed by atoms with Gasteiger partial charge in [-0.3, -0.25) is 4.79 Å². The lowest BCUT2D eigenvalue weighted by Gasteiger charge is -2.19. The van der Waals surface area contributed by atoms with Gasteiger partial charge < -0.3 is 15.5 Å². The van der Waals surface area contributed by atoms with E-state index in [1.165, 1.54) is 334 Å². The second-order valence-electron chi connectivity index (χ2n) is 23.9. The van der Waals surface area contributed by atoms with E-state index in [9.17, 15) is 15.0 Å². The summed E-state index contributed by atoms with van der Waals surface area (Å²) in [5.41, 5.74) is 0. The highest BCUT2D eigenvalue weighted by Crippen LogP contribution is 2.19. The van der Waals surface area contributed by atoms with E-state index in [1.54, 1.807) is 6.08 Å². The number of aliphatic hydroxyl groups is 2.